The molecule has 2 aliphatic heterocycles. The Morgan fingerprint density at radius 2 is 2.17 bits per heavy atom. The first-order valence-electron chi connectivity index (χ1n) is 9.76. The number of piperidine rings is 1. The number of aromatic nitrogens is 2. The van der Waals surface area contributed by atoms with Gasteiger partial charge in [-0.2, -0.15) is 4.98 Å². The van der Waals surface area contributed by atoms with Crippen molar-refractivity contribution >= 4 is 40.9 Å². The molecule has 8 nitrogen and oxygen atoms in total. The summed E-state index contributed by atoms with van der Waals surface area (Å²) in [5, 5.41) is 5.06. The minimum atomic E-state index is -1.02. The predicted molar refractivity (Wildman–Crippen MR) is 111 cm³/mol. The van der Waals surface area contributed by atoms with Crippen LogP contribution >= 0.6 is 11.6 Å². The number of carbonyl (C=O) groups excluding carboxylic acids is 2. The van der Waals surface area contributed by atoms with Crippen molar-refractivity contribution in [3.05, 3.63) is 45.0 Å². The lowest BCUT2D eigenvalue weighted by atomic mass is 9.92. The van der Waals surface area contributed by atoms with Gasteiger partial charge in [0.15, 0.2) is 0 Å². The van der Waals surface area contributed by atoms with Crippen molar-refractivity contribution in [1.82, 2.24) is 9.97 Å². The molecule has 3 N–H and O–H groups in total. The number of fused-ring (bicyclic) bond motifs is 1. The molecule has 1 aromatic carbocycles. The summed E-state index contributed by atoms with van der Waals surface area (Å²) in [7, 11) is 0. The molecule has 4 rings (SSSR count). The predicted octanol–water partition coefficient (Wildman–Crippen LogP) is 2.86. The van der Waals surface area contributed by atoms with Crippen molar-refractivity contribution in [2.24, 2.45) is 5.92 Å². The van der Waals surface area contributed by atoms with Crippen LogP contribution in [0.5, 0.6) is 0 Å². The Hall–Kier alpha value is -2.94. The van der Waals surface area contributed by atoms with E-state index in [0.29, 0.717) is 11.9 Å². The molecule has 1 aromatic heterocycles. The zero-order valence-electron chi connectivity index (χ0n) is 16.3. The number of H-pyrrole nitrogens is 1. The Bertz CT molecular complexity index is 1070. The van der Waals surface area contributed by atoms with Crippen LogP contribution in [-0.2, 0) is 9.59 Å². The third-order valence-corrected chi connectivity index (χ3v) is 5.69. The minimum Gasteiger partial charge on any atom is -0.342 e. The van der Waals surface area contributed by atoms with E-state index < -0.39 is 29.1 Å². The number of nitrogens with zero attached hydrogens (tertiary/aromatic N) is 2. The molecule has 0 bridgehead atoms. The van der Waals surface area contributed by atoms with E-state index in [0.717, 1.165) is 32.0 Å². The van der Waals surface area contributed by atoms with Crippen LogP contribution in [-0.4, -0.2) is 34.9 Å². The van der Waals surface area contributed by atoms with Crippen molar-refractivity contribution < 1.29 is 14.0 Å². The maximum absolute atomic E-state index is 13.4. The summed E-state index contributed by atoms with van der Waals surface area (Å²) in [5.41, 5.74) is -0.0955. The highest BCUT2D eigenvalue weighted by Gasteiger charge is 2.35. The van der Waals surface area contributed by atoms with Gasteiger partial charge in [-0.1, -0.05) is 18.5 Å². The summed E-state index contributed by atoms with van der Waals surface area (Å²) < 4.78 is 13.4. The molecule has 3 heterocycles. The molecule has 30 heavy (non-hydrogen) atoms. The SMILES string of the molecule is C[C@H]1CCCN(c2nc3c(c(=O)[nH]2)[C@H](C(=O)Nc2ccc(F)c(Cl)c2)CC(=O)N3)C1. The van der Waals surface area contributed by atoms with Gasteiger partial charge in [0.1, 0.15) is 11.6 Å². The fourth-order valence-electron chi connectivity index (χ4n) is 3.92. The van der Waals surface area contributed by atoms with E-state index in [9.17, 15) is 18.8 Å². The summed E-state index contributed by atoms with van der Waals surface area (Å²) in [6, 6.07) is 3.74. The Balaban J connectivity index is 1.64. The highest BCUT2D eigenvalue weighted by molar-refractivity contribution is 6.31. The summed E-state index contributed by atoms with van der Waals surface area (Å²) in [5.74, 6) is -1.66. The largest absolute Gasteiger partial charge is 0.342 e. The summed E-state index contributed by atoms with van der Waals surface area (Å²) in [4.78, 5) is 47.1. The van der Waals surface area contributed by atoms with Gasteiger partial charge in [0, 0.05) is 25.2 Å². The third kappa shape index (κ3) is 4.02. The number of benzene rings is 1. The first-order chi connectivity index (χ1) is 14.3. The first kappa shape index (κ1) is 20.3. The minimum absolute atomic E-state index is 0.0977. The number of halogens is 2. The zero-order valence-corrected chi connectivity index (χ0v) is 17.1. The van der Waals surface area contributed by atoms with Crippen LogP contribution in [0.25, 0.3) is 0 Å². The number of anilines is 3. The van der Waals surface area contributed by atoms with Crippen LogP contribution in [0.3, 0.4) is 0 Å². The van der Waals surface area contributed by atoms with Gasteiger partial charge in [0.05, 0.1) is 16.5 Å². The molecule has 1 saturated heterocycles. The number of nitrogens with one attached hydrogen (secondary N) is 3. The van der Waals surface area contributed by atoms with Gasteiger partial charge in [-0.3, -0.25) is 19.4 Å². The number of carbonyl (C=O) groups is 2. The molecule has 10 heteroatoms. The van der Waals surface area contributed by atoms with Gasteiger partial charge < -0.3 is 15.5 Å². The highest BCUT2D eigenvalue weighted by atomic mass is 35.5. The van der Waals surface area contributed by atoms with Gasteiger partial charge in [0.2, 0.25) is 17.8 Å². The average Bonchev–Trinajstić information content (AvgIpc) is 2.69. The van der Waals surface area contributed by atoms with Crippen LogP contribution in [0.1, 0.15) is 37.7 Å². The molecule has 0 radical (unpaired) electrons. The summed E-state index contributed by atoms with van der Waals surface area (Å²) in [6.45, 7) is 3.65. The summed E-state index contributed by atoms with van der Waals surface area (Å²) in [6.07, 6.45) is 1.90. The third-order valence-electron chi connectivity index (χ3n) is 5.40. The number of hydrogen-bond donors (Lipinski definition) is 3. The maximum Gasteiger partial charge on any atom is 0.258 e. The molecular weight excluding hydrogens is 413 g/mol. The van der Waals surface area contributed by atoms with Gasteiger partial charge >= 0.3 is 0 Å². The monoisotopic (exact) mass is 433 g/mol. The van der Waals surface area contributed by atoms with Crippen molar-refractivity contribution in [3.8, 4) is 0 Å². The molecule has 2 atom stereocenters. The molecule has 1 fully saturated rings. The lowest BCUT2D eigenvalue weighted by molar-refractivity contribution is -0.123. The van der Waals surface area contributed by atoms with E-state index in [-0.39, 0.29) is 28.5 Å². The van der Waals surface area contributed by atoms with E-state index in [1.165, 1.54) is 12.1 Å². The average molecular weight is 434 g/mol. The maximum atomic E-state index is 13.4. The van der Waals surface area contributed by atoms with Gasteiger partial charge in [-0.25, -0.2) is 4.39 Å². The highest BCUT2D eigenvalue weighted by Crippen LogP contribution is 2.31. The smallest absolute Gasteiger partial charge is 0.258 e. The first-order valence-corrected chi connectivity index (χ1v) is 10.1. The molecule has 0 saturated carbocycles. The van der Waals surface area contributed by atoms with Crippen molar-refractivity contribution in [2.75, 3.05) is 28.6 Å². The second kappa shape index (κ2) is 8.06. The molecule has 2 aliphatic rings. The number of aromatic amines is 1. The standard InChI is InChI=1S/C20H21ClFN5O3/c1-10-3-2-6-27(9-10)20-25-17-16(19(30)26-20)12(8-15(28)24-17)18(29)23-11-4-5-14(22)13(21)7-11/h4-5,7,10,12H,2-3,6,8-9H2,1H3,(H,23,29)(H2,24,25,26,28,30)/t10-,12+/m0/s1. The van der Waals surface area contributed by atoms with Gasteiger partial charge in [-0.05, 0) is 37.0 Å². The fraction of sp³-hybridized carbons (Fsp3) is 0.400. The van der Waals surface area contributed by atoms with Crippen LogP contribution in [0.4, 0.5) is 21.8 Å². The fourth-order valence-corrected chi connectivity index (χ4v) is 4.10. The van der Waals surface area contributed by atoms with Crippen molar-refractivity contribution in [1.29, 1.82) is 0 Å². The number of rotatable bonds is 3. The topological polar surface area (TPSA) is 107 Å². The number of amides is 2. The van der Waals surface area contributed by atoms with E-state index in [4.69, 9.17) is 11.6 Å². The second-order valence-corrected chi connectivity index (χ2v) is 8.18. The van der Waals surface area contributed by atoms with E-state index in [1.54, 1.807) is 0 Å². The molecular formula is C20H21ClFN5O3. The Kier molecular flexibility index (Phi) is 5.46. The molecule has 158 valence electrons. The van der Waals surface area contributed by atoms with Gasteiger partial charge in [-0.15, -0.1) is 0 Å². The van der Waals surface area contributed by atoms with Crippen molar-refractivity contribution in [3.63, 3.8) is 0 Å². The zero-order chi connectivity index (χ0) is 21.4. The Morgan fingerprint density at radius 3 is 2.90 bits per heavy atom. The normalized spacial score (nSPS) is 21.0. The molecule has 0 aliphatic carbocycles. The Morgan fingerprint density at radius 1 is 1.37 bits per heavy atom. The van der Waals surface area contributed by atoms with Crippen LogP contribution in [0.15, 0.2) is 23.0 Å². The second-order valence-electron chi connectivity index (χ2n) is 7.77. The number of hydrogen-bond acceptors (Lipinski definition) is 5. The quantitative estimate of drug-likeness (QED) is 0.690. The van der Waals surface area contributed by atoms with Crippen molar-refractivity contribution in [2.45, 2.75) is 32.1 Å². The Labute approximate surface area is 176 Å². The summed E-state index contributed by atoms with van der Waals surface area (Å²) >= 11 is 5.75. The lowest BCUT2D eigenvalue weighted by Crippen LogP contribution is -2.40. The molecule has 2 amide bonds. The van der Waals surface area contributed by atoms with E-state index in [2.05, 4.69) is 27.5 Å². The van der Waals surface area contributed by atoms with Gasteiger partial charge in [0.25, 0.3) is 5.56 Å². The lowest BCUT2D eigenvalue weighted by Gasteiger charge is -2.32. The van der Waals surface area contributed by atoms with E-state index in [1.807, 2.05) is 4.90 Å². The van der Waals surface area contributed by atoms with Crippen LogP contribution in [0.2, 0.25) is 5.02 Å². The van der Waals surface area contributed by atoms with Crippen LogP contribution in [0, 0.1) is 11.7 Å². The molecule has 0 unspecified atom stereocenters. The van der Waals surface area contributed by atoms with E-state index >= 15 is 0 Å². The van der Waals surface area contributed by atoms with Crippen LogP contribution < -0.4 is 21.1 Å². The molecule has 0 spiro atoms. The molecule has 2 aromatic rings.